The molecular weight excluding hydrogens is 198 g/mol. The van der Waals surface area contributed by atoms with E-state index in [0.717, 1.165) is 30.7 Å². The number of allylic oxidation sites excluding steroid dienone is 1. The molecular formula is C14H17NO. The van der Waals surface area contributed by atoms with Crippen LogP contribution in [0.1, 0.15) is 18.4 Å². The van der Waals surface area contributed by atoms with E-state index in [9.17, 15) is 0 Å². The molecule has 0 unspecified atom stereocenters. The Balaban J connectivity index is 2.45. The summed E-state index contributed by atoms with van der Waals surface area (Å²) < 4.78 is 5.28. The molecule has 1 aromatic rings. The quantitative estimate of drug-likeness (QED) is 0.584. The minimum atomic E-state index is 0.311. The highest BCUT2D eigenvalue weighted by molar-refractivity contribution is 5.50. The average Bonchev–Trinajstić information content (AvgIpc) is 2.33. The number of benzene rings is 1. The van der Waals surface area contributed by atoms with Crippen LogP contribution in [-0.2, 0) is 0 Å². The second-order valence-corrected chi connectivity index (χ2v) is 3.40. The Bertz CT molecular complexity index is 359. The van der Waals surface area contributed by atoms with Gasteiger partial charge >= 0.3 is 0 Å². The van der Waals surface area contributed by atoms with Crippen LogP contribution in [0.2, 0.25) is 0 Å². The monoisotopic (exact) mass is 215 g/mol. The van der Waals surface area contributed by atoms with Crippen molar-refractivity contribution in [3.05, 3.63) is 35.9 Å². The average molecular weight is 215 g/mol. The molecule has 1 rings (SSSR count). The second kappa shape index (κ2) is 7.56. The first-order valence-corrected chi connectivity index (χ1v) is 5.39. The normalized spacial score (nSPS) is 10.2. The highest BCUT2D eigenvalue weighted by atomic mass is 16.5. The summed E-state index contributed by atoms with van der Waals surface area (Å²) in [4.78, 5) is 0. The molecule has 0 radical (unpaired) electrons. The van der Waals surface area contributed by atoms with E-state index in [1.807, 2.05) is 24.3 Å². The summed E-state index contributed by atoms with van der Waals surface area (Å²) in [6, 6.07) is 7.84. The van der Waals surface area contributed by atoms with Gasteiger partial charge in [0.15, 0.2) is 0 Å². The maximum atomic E-state index is 5.41. The Kier molecular flexibility index (Phi) is 5.83. The Hall–Kier alpha value is -1.72. The number of ether oxygens (including phenoxy) is 1. The van der Waals surface area contributed by atoms with Crippen molar-refractivity contribution in [2.75, 3.05) is 13.2 Å². The predicted octanol–water partition coefficient (Wildman–Crippen LogP) is 2.45. The Morgan fingerprint density at radius 3 is 2.69 bits per heavy atom. The fourth-order valence-corrected chi connectivity index (χ4v) is 1.26. The van der Waals surface area contributed by atoms with E-state index in [-0.39, 0.29) is 0 Å². The van der Waals surface area contributed by atoms with Crippen molar-refractivity contribution in [2.45, 2.75) is 12.8 Å². The van der Waals surface area contributed by atoms with Gasteiger partial charge in [-0.1, -0.05) is 30.2 Å². The number of hydrogen-bond acceptors (Lipinski definition) is 2. The van der Waals surface area contributed by atoms with Gasteiger partial charge in [-0.15, -0.1) is 6.42 Å². The zero-order valence-electron chi connectivity index (χ0n) is 9.36. The van der Waals surface area contributed by atoms with Gasteiger partial charge in [-0.3, -0.25) is 0 Å². The van der Waals surface area contributed by atoms with Crippen LogP contribution < -0.4 is 10.5 Å². The van der Waals surface area contributed by atoms with Crippen molar-refractivity contribution in [1.29, 1.82) is 0 Å². The molecule has 0 saturated heterocycles. The first-order valence-electron chi connectivity index (χ1n) is 5.39. The van der Waals surface area contributed by atoms with Crippen molar-refractivity contribution < 1.29 is 4.74 Å². The lowest BCUT2D eigenvalue weighted by atomic mass is 10.2. The molecule has 16 heavy (non-hydrogen) atoms. The van der Waals surface area contributed by atoms with E-state index in [0.29, 0.717) is 6.61 Å². The van der Waals surface area contributed by atoms with E-state index in [1.165, 1.54) is 0 Å². The second-order valence-electron chi connectivity index (χ2n) is 3.40. The van der Waals surface area contributed by atoms with Gasteiger partial charge in [0.1, 0.15) is 12.4 Å². The SMILES string of the molecule is C#CCOc1ccc(/C=C/CCCN)cc1. The summed E-state index contributed by atoms with van der Waals surface area (Å²) in [6.07, 6.45) is 11.4. The van der Waals surface area contributed by atoms with Gasteiger partial charge in [-0.25, -0.2) is 0 Å². The molecule has 2 heteroatoms. The Morgan fingerprint density at radius 1 is 1.31 bits per heavy atom. The minimum Gasteiger partial charge on any atom is -0.481 e. The van der Waals surface area contributed by atoms with Crippen molar-refractivity contribution in [1.82, 2.24) is 0 Å². The molecule has 0 heterocycles. The highest BCUT2D eigenvalue weighted by Crippen LogP contribution is 2.13. The number of hydrogen-bond donors (Lipinski definition) is 1. The molecule has 0 aliphatic heterocycles. The summed E-state index contributed by atoms with van der Waals surface area (Å²) in [7, 11) is 0. The third kappa shape index (κ3) is 4.68. The number of terminal acetylenes is 1. The molecule has 0 amide bonds. The lowest BCUT2D eigenvalue weighted by Gasteiger charge is -2.01. The van der Waals surface area contributed by atoms with Crippen LogP contribution in [0.15, 0.2) is 30.3 Å². The molecule has 0 spiro atoms. The molecule has 0 aliphatic carbocycles. The lowest BCUT2D eigenvalue weighted by Crippen LogP contribution is -1.96. The molecule has 1 aromatic carbocycles. The zero-order chi connectivity index (χ0) is 11.6. The Morgan fingerprint density at radius 2 is 2.06 bits per heavy atom. The topological polar surface area (TPSA) is 35.2 Å². The van der Waals surface area contributed by atoms with E-state index in [1.54, 1.807) is 0 Å². The summed E-state index contributed by atoms with van der Waals surface area (Å²) in [5.41, 5.74) is 6.57. The van der Waals surface area contributed by atoms with Crippen LogP contribution >= 0.6 is 0 Å². The van der Waals surface area contributed by atoms with Gasteiger partial charge in [0.2, 0.25) is 0 Å². The van der Waals surface area contributed by atoms with E-state index in [2.05, 4.69) is 18.1 Å². The molecule has 0 fully saturated rings. The molecule has 2 nitrogen and oxygen atoms in total. The van der Waals surface area contributed by atoms with E-state index < -0.39 is 0 Å². The summed E-state index contributed by atoms with van der Waals surface area (Å²) in [5.74, 6) is 3.23. The van der Waals surface area contributed by atoms with Crippen molar-refractivity contribution in [3.8, 4) is 18.1 Å². The van der Waals surface area contributed by atoms with E-state index in [4.69, 9.17) is 16.9 Å². The highest BCUT2D eigenvalue weighted by Gasteiger charge is 1.91. The smallest absolute Gasteiger partial charge is 0.148 e. The van der Waals surface area contributed by atoms with Gasteiger partial charge in [-0.05, 0) is 37.1 Å². The molecule has 0 bridgehead atoms. The number of rotatable bonds is 6. The summed E-state index contributed by atoms with van der Waals surface area (Å²) >= 11 is 0. The van der Waals surface area contributed by atoms with Gasteiger partial charge in [0.05, 0.1) is 0 Å². The third-order valence-corrected chi connectivity index (χ3v) is 2.09. The predicted molar refractivity (Wildman–Crippen MR) is 68.1 cm³/mol. The van der Waals surface area contributed by atoms with Gasteiger partial charge in [-0.2, -0.15) is 0 Å². The van der Waals surface area contributed by atoms with Gasteiger partial charge < -0.3 is 10.5 Å². The molecule has 0 aliphatic rings. The van der Waals surface area contributed by atoms with Gasteiger partial charge in [0, 0.05) is 0 Å². The first-order chi connectivity index (χ1) is 7.86. The van der Waals surface area contributed by atoms with Crippen LogP contribution in [0, 0.1) is 12.3 Å². The molecule has 2 N–H and O–H groups in total. The largest absolute Gasteiger partial charge is 0.481 e. The molecule has 84 valence electrons. The molecule has 0 saturated carbocycles. The lowest BCUT2D eigenvalue weighted by molar-refractivity contribution is 0.370. The van der Waals surface area contributed by atoms with Gasteiger partial charge in [0.25, 0.3) is 0 Å². The standard InChI is InChI=1S/C14H17NO/c1-2-12-16-14-9-7-13(8-10-14)6-4-3-5-11-15/h1,4,6-10H,3,5,11-12,15H2/b6-4+. The molecule has 0 aromatic heterocycles. The summed E-state index contributed by atoms with van der Waals surface area (Å²) in [6.45, 7) is 1.05. The van der Waals surface area contributed by atoms with Crippen LogP contribution in [0.5, 0.6) is 5.75 Å². The van der Waals surface area contributed by atoms with Crippen LogP contribution in [0.3, 0.4) is 0 Å². The minimum absolute atomic E-state index is 0.311. The summed E-state index contributed by atoms with van der Waals surface area (Å²) in [5, 5.41) is 0. The maximum Gasteiger partial charge on any atom is 0.148 e. The van der Waals surface area contributed by atoms with Crippen LogP contribution in [0.25, 0.3) is 6.08 Å². The maximum absolute atomic E-state index is 5.41. The molecule has 0 atom stereocenters. The fraction of sp³-hybridized carbons (Fsp3) is 0.286. The van der Waals surface area contributed by atoms with Crippen LogP contribution in [0.4, 0.5) is 0 Å². The van der Waals surface area contributed by atoms with Crippen molar-refractivity contribution >= 4 is 6.08 Å². The first kappa shape index (κ1) is 12.4. The van der Waals surface area contributed by atoms with Crippen molar-refractivity contribution in [2.24, 2.45) is 5.73 Å². The number of nitrogens with two attached hydrogens (primary N) is 1. The Labute approximate surface area is 97.1 Å². The van der Waals surface area contributed by atoms with E-state index >= 15 is 0 Å². The van der Waals surface area contributed by atoms with Crippen LogP contribution in [-0.4, -0.2) is 13.2 Å². The fourth-order valence-electron chi connectivity index (χ4n) is 1.26. The van der Waals surface area contributed by atoms with Crippen molar-refractivity contribution in [3.63, 3.8) is 0 Å². The zero-order valence-corrected chi connectivity index (χ0v) is 9.36. The number of unbranched alkanes of at least 4 members (excludes halogenated alkanes) is 1. The third-order valence-electron chi connectivity index (χ3n) is 2.09.